The molecule has 0 aliphatic carbocycles. The molecular weight excluding hydrogens is 388 g/mol. The topological polar surface area (TPSA) is 112 Å². The molecule has 154 valence electrons. The van der Waals surface area contributed by atoms with Gasteiger partial charge in [0.15, 0.2) is 11.5 Å². The van der Waals surface area contributed by atoms with Crippen molar-refractivity contribution in [3.63, 3.8) is 0 Å². The number of nitriles is 1. The van der Waals surface area contributed by atoms with Crippen molar-refractivity contribution < 1.29 is 23.9 Å². The second-order valence-corrected chi connectivity index (χ2v) is 5.99. The number of ether oxygens (including phenoxy) is 3. The molecule has 0 fully saturated rings. The Morgan fingerprint density at radius 2 is 1.87 bits per heavy atom. The molecule has 0 N–H and O–H groups in total. The fourth-order valence-corrected chi connectivity index (χ4v) is 2.36. The van der Waals surface area contributed by atoms with Crippen LogP contribution in [-0.4, -0.2) is 24.6 Å². The first-order valence-corrected chi connectivity index (χ1v) is 9.03. The third kappa shape index (κ3) is 6.49. The van der Waals surface area contributed by atoms with Gasteiger partial charge in [-0.15, -0.1) is 0 Å². The van der Waals surface area contributed by atoms with E-state index in [1.165, 1.54) is 37.5 Å². The Balaban J connectivity index is 2.17. The molecule has 0 atom stereocenters. The predicted molar refractivity (Wildman–Crippen MR) is 110 cm³/mol. The molecule has 0 amide bonds. The van der Waals surface area contributed by atoms with Crippen LogP contribution in [-0.2, 0) is 4.79 Å². The van der Waals surface area contributed by atoms with Crippen LogP contribution >= 0.6 is 0 Å². The van der Waals surface area contributed by atoms with Gasteiger partial charge in [-0.25, -0.2) is 4.79 Å². The van der Waals surface area contributed by atoms with Crippen LogP contribution in [0.5, 0.6) is 17.2 Å². The van der Waals surface area contributed by atoms with Gasteiger partial charge in [-0.2, -0.15) is 5.26 Å². The van der Waals surface area contributed by atoms with Gasteiger partial charge in [-0.3, -0.25) is 10.1 Å². The Hall–Kier alpha value is -4.12. The summed E-state index contributed by atoms with van der Waals surface area (Å²) < 4.78 is 16.0. The number of hydrogen-bond donors (Lipinski definition) is 0. The van der Waals surface area contributed by atoms with Crippen LogP contribution in [0.25, 0.3) is 12.2 Å². The van der Waals surface area contributed by atoms with Crippen molar-refractivity contribution in [1.82, 2.24) is 0 Å². The monoisotopic (exact) mass is 408 g/mol. The summed E-state index contributed by atoms with van der Waals surface area (Å²) in [6, 6.07) is 13.2. The number of hydrogen-bond acceptors (Lipinski definition) is 7. The maximum absolute atomic E-state index is 12.4. The van der Waals surface area contributed by atoms with E-state index in [4.69, 9.17) is 14.2 Å². The van der Waals surface area contributed by atoms with Crippen LogP contribution in [0.1, 0.15) is 24.5 Å². The number of benzene rings is 2. The van der Waals surface area contributed by atoms with Crippen molar-refractivity contribution in [3.8, 4) is 23.3 Å². The van der Waals surface area contributed by atoms with E-state index in [-0.39, 0.29) is 17.1 Å². The zero-order valence-electron chi connectivity index (χ0n) is 16.5. The number of carbonyl (C=O) groups excluding carboxylic acids is 1. The lowest BCUT2D eigenvalue weighted by Gasteiger charge is -2.09. The zero-order valence-corrected chi connectivity index (χ0v) is 16.5. The number of methoxy groups -OCH3 is 1. The van der Waals surface area contributed by atoms with E-state index in [1.54, 1.807) is 24.3 Å². The van der Waals surface area contributed by atoms with Crippen molar-refractivity contribution in [2.75, 3.05) is 13.7 Å². The number of rotatable bonds is 9. The van der Waals surface area contributed by atoms with E-state index in [2.05, 4.69) is 0 Å². The third-order valence-corrected chi connectivity index (χ3v) is 3.78. The highest BCUT2D eigenvalue weighted by atomic mass is 16.6. The molecule has 2 aromatic rings. The lowest BCUT2D eigenvalue weighted by molar-refractivity contribution is -0.400. The molecule has 0 unspecified atom stereocenters. The molecule has 0 bridgehead atoms. The first-order valence-electron chi connectivity index (χ1n) is 9.03. The molecule has 2 aromatic carbocycles. The highest BCUT2D eigenvalue weighted by Crippen LogP contribution is 2.29. The van der Waals surface area contributed by atoms with Crippen LogP contribution in [0.2, 0.25) is 0 Å². The van der Waals surface area contributed by atoms with Crippen molar-refractivity contribution in [2.45, 2.75) is 13.3 Å². The van der Waals surface area contributed by atoms with Gasteiger partial charge in [0.25, 0.3) is 0 Å². The quantitative estimate of drug-likeness (QED) is 0.152. The van der Waals surface area contributed by atoms with E-state index in [0.29, 0.717) is 23.5 Å². The van der Waals surface area contributed by atoms with Gasteiger partial charge in [0.1, 0.15) is 17.4 Å². The Kier molecular flexibility index (Phi) is 8.15. The molecule has 2 rings (SSSR count). The predicted octanol–water partition coefficient (Wildman–Crippen LogP) is 4.24. The Labute approximate surface area is 173 Å². The molecule has 0 saturated heterocycles. The number of carbonyl (C=O) groups is 1. The van der Waals surface area contributed by atoms with Crippen LogP contribution in [0.4, 0.5) is 0 Å². The lowest BCUT2D eigenvalue weighted by atomic mass is 10.1. The second kappa shape index (κ2) is 11.0. The van der Waals surface area contributed by atoms with Crippen molar-refractivity contribution in [2.24, 2.45) is 0 Å². The third-order valence-electron chi connectivity index (χ3n) is 3.78. The van der Waals surface area contributed by atoms with E-state index in [9.17, 15) is 20.2 Å². The van der Waals surface area contributed by atoms with Gasteiger partial charge in [-0.1, -0.05) is 25.1 Å². The van der Waals surface area contributed by atoms with Crippen LogP contribution in [0.3, 0.4) is 0 Å². The zero-order chi connectivity index (χ0) is 21.9. The fraction of sp³-hybridized carbons (Fsp3) is 0.182. The molecule has 30 heavy (non-hydrogen) atoms. The molecule has 0 aliphatic rings. The van der Waals surface area contributed by atoms with Crippen LogP contribution in [0, 0.1) is 21.4 Å². The molecular formula is C22H20N2O6. The largest absolute Gasteiger partial charge is 0.494 e. The summed E-state index contributed by atoms with van der Waals surface area (Å²) in [5, 5.41) is 19.8. The van der Waals surface area contributed by atoms with Gasteiger partial charge in [0, 0.05) is 6.08 Å². The van der Waals surface area contributed by atoms with E-state index in [0.717, 1.165) is 12.6 Å². The smallest absolute Gasteiger partial charge is 0.354 e. The number of nitro groups is 1. The molecule has 0 aliphatic heterocycles. The Morgan fingerprint density at radius 3 is 2.47 bits per heavy atom. The average molecular weight is 408 g/mol. The first kappa shape index (κ1) is 22.2. The van der Waals surface area contributed by atoms with Gasteiger partial charge >= 0.3 is 5.97 Å². The summed E-state index contributed by atoms with van der Waals surface area (Å²) in [4.78, 5) is 22.3. The number of esters is 1. The normalized spacial score (nSPS) is 11.0. The molecule has 8 nitrogen and oxygen atoms in total. The van der Waals surface area contributed by atoms with Gasteiger partial charge in [0.05, 0.1) is 18.6 Å². The Bertz CT molecular complexity index is 1000. The summed E-state index contributed by atoms with van der Waals surface area (Å²) in [6.45, 7) is 2.61. The second-order valence-electron chi connectivity index (χ2n) is 5.99. The molecule has 0 aromatic heterocycles. The number of nitrogens with zero attached hydrogens (tertiary/aromatic N) is 2. The maximum Gasteiger partial charge on any atom is 0.354 e. The average Bonchev–Trinajstić information content (AvgIpc) is 2.75. The summed E-state index contributed by atoms with van der Waals surface area (Å²) >= 11 is 0. The van der Waals surface area contributed by atoms with Crippen LogP contribution in [0.15, 0.2) is 54.2 Å². The van der Waals surface area contributed by atoms with Gasteiger partial charge < -0.3 is 14.2 Å². The molecule has 8 heteroatoms. The van der Waals surface area contributed by atoms with E-state index >= 15 is 0 Å². The molecule has 0 spiro atoms. The van der Waals surface area contributed by atoms with Gasteiger partial charge in [0.2, 0.25) is 6.20 Å². The highest BCUT2D eigenvalue weighted by molar-refractivity contribution is 5.99. The minimum atomic E-state index is -0.851. The molecule has 0 saturated carbocycles. The van der Waals surface area contributed by atoms with Gasteiger partial charge in [-0.05, 0) is 47.9 Å². The molecule has 0 radical (unpaired) electrons. The Morgan fingerprint density at radius 1 is 1.17 bits per heavy atom. The SMILES string of the molecule is CCCOc1ccc(/C=C(\C#N)C(=O)Oc2ccc(/C=C/[N+](=O)[O-])cc2OC)cc1. The van der Waals surface area contributed by atoms with Crippen molar-refractivity contribution >= 4 is 18.1 Å². The van der Waals surface area contributed by atoms with E-state index < -0.39 is 10.9 Å². The standard InChI is InChI=1S/C22H20N2O6/c1-3-12-29-19-7-4-16(5-8-19)13-18(15-23)22(25)30-20-9-6-17(10-11-24(26)27)14-21(20)28-2/h4-11,13-14H,3,12H2,1-2H3/b11-10+,18-13+. The van der Waals surface area contributed by atoms with Crippen molar-refractivity contribution in [3.05, 3.63) is 75.5 Å². The minimum Gasteiger partial charge on any atom is -0.494 e. The minimum absolute atomic E-state index is 0.0882. The lowest BCUT2D eigenvalue weighted by Crippen LogP contribution is -2.11. The maximum atomic E-state index is 12.4. The molecule has 0 heterocycles. The van der Waals surface area contributed by atoms with Crippen molar-refractivity contribution in [1.29, 1.82) is 5.26 Å². The van der Waals surface area contributed by atoms with Crippen LogP contribution < -0.4 is 14.2 Å². The first-order chi connectivity index (χ1) is 14.5. The summed E-state index contributed by atoms with van der Waals surface area (Å²) in [7, 11) is 1.37. The van der Waals surface area contributed by atoms with E-state index in [1.807, 2.05) is 13.0 Å². The summed E-state index contributed by atoms with van der Waals surface area (Å²) in [5.41, 5.74) is 0.931. The fourth-order valence-electron chi connectivity index (χ4n) is 2.36. The summed E-state index contributed by atoms with van der Waals surface area (Å²) in [6.07, 6.45) is 4.37. The highest BCUT2D eigenvalue weighted by Gasteiger charge is 2.15. The summed E-state index contributed by atoms with van der Waals surface area (Å²) in [5.74, 6) is 0.135.